The monoisotopic (exact) mass is 222 g/mol. The molecule has 0 fully saturated rings. The van der Waals surface area contributed by atoms with Gasteiger partial charge >= 0.3 is 8.80 Å². The molecule has 0 radical (unpaired) electrons. The Morgan fingerprint density at radius 3 is 2.14 bits per heavy atom. The Labute approximate surface area is 85.0 Å². The van der Waals surface area contributed by atoms with Crippen LogP contribution in [0.5, 0.6) is 0 Å². The molecule has 3 N–H and O–H groups in total. The Bertz CT molecular complexity index is 167. The zero-order valence-corrected chi connectivity index (χ0v) is 9.83. The average Bonchev–Trinajstić information content (AvgIpc) is 2.25. The number of amides is 1. The number of nitrogens with one attached hydrogen (secondary N) is 1. The van der Waals surface area contributed by atoms with E-state index in [1.165, 1.54) is 0 Å². The fourth-order valence-corrected chi connectivity index (χ4v) is 2.82. The maximum Gasteiger partial charge on any atom is 0.500 e. The summed E-state index contributed by atoms with van der Waals surface area (Å²) in [5, 5.41) is 0. The maximum absolute atomic E-state index is 10.8. The van der Waals surface area contributed by atoms with Gasteiger partial charge in [0.1, 0.15) is 0 Å². The molecular formula is C7H18N2O4Si. The van der Waals surface area contributed by atoms with Crippen molar-refractivity contribution in [2.24, 2.45) is 5.84 Å². The minimum Gasteiger partial charge on any atom is -0.377 e. The van der Waals surface area contributed by atoms with E-state index in [0.717, 1.165) is 0 Å². The highest BCUT2D eigenvalue weighted by Crippen LogP contribution is 2.15. The third-order valence-corrected chi connectivity index (χ3v) is 4.81. The van der Waals surface area contributed by atoms with Gasteiger partial charge in [-0.25, -0.2) is 5.84 Å². The molecule has 0 aromatic heterocycles. The highest BCUT2D eigenvalue weighted by molar-refractivity contribution is 6.60. The summed E-state index contributed by atoms with van der Waals surface area (Å²) in [7, 11) is 2.11. The van der Waals surface area contributed by atoms with E-state index in [9.17, 15) is 4.79 Å². The number of carbonyl (C=O) groups excluding carboxylic acids is 1. The molecule has 6 nitrogen and oxygen atoms in total. The minimum absolute atomic E-state index is 0.198. The molecule has 1 amide bonds. The van der Waals surface area contributed by atoms with Crippen LogP contribution >= 0.6 is 0 Å². The fraction of sp³-hybridized carbons (Fsp3) is 0.857. The van der Waals surface area contributed by atoms with E-state index in [-0.39, 0.29) is 5.91 Å². The van der Waals surface area contributed by atoms with Crippen molar-refractivity contribution in [1.29, 1.82) is 0 Å². The molecule has 0 aromatic carbocycles. The Balaban J connectivity index is 3.88. The van der Waals surface area contributed by atoms with E-state index in [2.05, 4.69) is 5.43 Å². The first kappa shape index (κ1) is 13.5. The van der Waals surface area contributed by atoms with Crippen LogP contribution in [0.3, 0.4) is 0 Å². The molecule has 0 aromatic rings. The molecule has 0 bridgehead atoms. The van der Waals surface area contributed by atoms with Crippen LogP contribution in [0.4, 0.5) is 0 Å². The molecule has 7 heteroatoms. The summed E-state index contributed by atoms with van der Waals surface area (Å²) in [4.78, 5) is 10.8. The highest BCUT2D eigenvalue weighted by atomic mass is 28.4. The van der Waals surface area contributed by atoms with Crippen LogP contribution < -0.4 is 11.3 Å². The molecule has 0 aliphatic heterocycles. The van der Waals surface area contributed by atoms with Crippen molar-refractivity contribution in [3.8, 4) is 0 Å². The Morgan fingerprint density at radius 2 is 1.79 bits per heavy atom. The molecule has 0 saturated heterocycles. The van der Waals surface area contributed by atoms with Gasteiger partial charge < -0.3 is 13.3 Å². The van der Waals surface area contributed by atoms with Crippen molar-refractivity contribution in [3.05, 3.63) is 0 Å². The summed E-state index contributed by atoms with van der Waals surface area (Å²) in [6.45, 7) is 0. The molecule has 14 heavy (non-hydrogen) atoms. The third kappa shape index (κ3) is 4.16. The first-order valence-electron chi connectivity index (χ1n) is 4.29. The molecule has 0 unspecified atom stereocenters. The number of hydrogen-bond acceptors (Lipinski definition) is 5. The van der Waals surface area contributed by atoms with Crippen LogP contribution in [-0.2, 0) is 18.1 Å². The van der Waals surface area contributed by atoms with Crippen LogP contribution in [-0.4, -0.2) is 36.0 Å². The van der Waals surface area contributed by atoms with Crippen LogP contribution in [0.2, 0.25) is 6.04 Å². The van der Waals surface area contributed by atoms with Gasteiger partial charge in [0.2, 0.25) is 5.91 Å². The Hall–Kier alpha value is -0.473. The first-order valence-corrected chi connectivity index (χ1v) is 6.22. The summed E-state index contributed by atoms with van der Waals surface area (Å²) < 4.78 is 15.5. The van der Waals surface area contributed by atoms with Crippen molar-refractivity contribution >= 4 is 14.7 Å². The van der Waals surface area contributed by atoms with Gasteiger partial charge in [-0.2, -0.15) is 0 Å². The second-order valence-corrected chi connectivity index (χ2v) is 5.81. The SMILES string of the molecule is CO[Si](CCCC(=O)NN)(OC)OC. The van der Waals surface area contributed by atoms with E-state index >= 15 is 0 Å². The standard InChI is InChI=1S/C7H18N2O4Si/c1-11-14(12-2,13-3)6-4-5-7(10)9-8/h4-6,8H2,1-3H3,(H,9,10). The van der Waals surface area contributed by atoms with Gasteiger partial charge in [-0.3, -0.25) is 10.2 Å². The van der Waals surface area contributed by atoms with Crippen molar-refractivity contribution in [2.75, 3.05) is 21.3 Å². The van der Waals surface area contributed by atoms with Gasteiger partial charge in [0.25, 0.3) is 0 Å². The third-order valence-electron chi connectivity index (χ3n) is 1.98. The van der Waals surface area contributed by atoms with Crippen LogP contribution in [0, 0.1) is 0 Å². The molecule has 0 heterocycles. The molecule has 0 atom stereocenters. The lowest BCUT2D eigenvalue weighted by molar-refractivity contribution is -0.121. The van der Waals surface area contributed by atoms with E-state index in [4.69, 9.17) is 19.1 Å². The van der Waals surface area contributed by atoms with E-state index in [0.29, 0.717) is 18.9 Å². The summed E-state index contributed by atoms with van der Waals surface area (Å²) in [6, 6.07) is 0.601. The van der Waals surface area contributed by atoms with Gasteiger partial charge in [-0.1, -0.05) is 0 Å². The first-order chi connectivity index (χ1) is 6.64. The fourth-order valence-electron chi connectivity index (χ4n) is 1.09. The van der Waals surface area contributed by atoms with E-state index in [1.54, 1.807) is 21.3 Å². The van der Waals surface area contributed by atoms with Crippen molar-refractivity contribution in [1.82, 2.24) is 5.43 Å². The van der Waals surface area contributed by atoms with Crippen molar-refractivity contribution in [2.45, 2.75) is 18.9 Å². The number of rotatable bonds is 7. The molecule has 0 saturated carbocycles. The summed E-state index contributed by atoms with van der Waals surface area (Å²) in [5.41, 5.74) is 2.06. The van der Waals surface area contributed by atoms with Gasteiger partial charge in [0.15, 0.2) is 0 Å². The van der Waals surface area contributed by atoms with Gasteiger partial charge in [-0.15, -0.1) is 0 Å². The van der Waals surface area contributed by atoms with E-state index < -0.39 is 8.80 Å². The van der Waals surface area contributed by atoms with Crippen LogP contribution in [0.25, 0.3) is 0 Å². The molecule has 0 aliphatic rings. The van der Waals surface area contributed by atoms with Gasteiger partial charge in [-0.05, 0) is 6.42 Å². The molecule has 84 valence electrons. The zero-order valence-electron chi connectivity index (χ0n) is 8.83. The van der Waals surface area contributed by atoms with E-state index in [1.807, 2.05) is 0 Å². The number of nitrogens with two attached hydrogens (primary N) is 1. The summed E-state index contributed by atoms with van der Waals surface area (Å²) in [6.07, 6.45) is 0.978. The topological polar surface area (TPSA) is 82.8 Å². The number of hydrogen-bond donors (Lipinski definition) is 2. The maximum atomic E-state index is 10.8. The molecule has 0 spiro atoms. The predicted molar refractivity (Wildman–Crippen MR) is 53.2 cm³/mol. The number of carbonyl (C=O) groups is 1. The molecule has 0 rings (SSSR count). The predicted octanol–water partition coefficient (Wildman–Crippen LogP) is -0.365. The lowest BCUT2D eigenvalue weighted by Crippen LogP contribution is -2.42. The summed E-state index contributed by atoms with van der Waals surface area (Å²) >= 11 is 0. The second kappa shape index (κ2) is 6.90. The van der Waals surface area contributed by atoms with Crippen molar-refractivity contribution in [3.63, 3.8) is 0 Å². The lowest BCUT2D eigenvalue weighted by Gasteiger charge is -2.23. The Morgan fingerprint density at radius 1 is 1.29 bits per heavy atom. The molecular weight excluding hydrogens is 204 g/mol. The summed E-state index contributed by atoms with van der Waals surface area (Å²) in [5.74, 6) is 4.74. The largest absolute Gasteiger partial charge is 0.500 e. The minimum atomic E-state index is -2.52. The Kier molecular flexibility index (Phi) is 6.67. The lowest BCUT2D eigenvalue weighted by atomic mass is 10.3. The smallest absolute Gasteiger partial charge is 0.377 e. The average molecular weight is 222 g/mol. The highest BCUT2D eigenvalue weighted by Gasteiger charge is 2.36. The van der Waals surface area contributed by atoms with Gasteiger partial charge in [0.05, 0.1) is 0 Å². The second-order valence-electron chi connectivity index (χ2n) is 2.72. The van der Waals surface area contributed by atoms with Crippen LogP contribution in [0.1, 0.15) is 12.8 Å². The normalized spacial score (nSPS) is 11.4. The quantitative estimate of drug-likeness (QED) is 0.266. The zero-order chi connectivity index (χ0) is 11.0. The number of hydrazine groups is 1. The van der Waals surface area contributed by atoms with Crippen molar-refractivity contribution < 1.29 is 18.1 Å². The molecule has 0 aliphatic carbocycles. The van der Waals surface area contributed by atoms with Crippen LogP contribution in [0.15, 0.2) is 0 Å². The van der Waals surface area contributed by atoms with Gasteiger partial charge in [0, 0.05) is 33.8 Å².